The van der Waals surface area contributed by atoms with Crippen molar-refractivity contribution in [2.75, 3.05) is 37.5 Å². The van der Waals surface area contributed by atoms with Crippen LogP contribution in [0.15, 0.2) is 47.1 Å². The summed E-state index contributed by atoms with van der Waals surface area (Å²) in [6, 6.07) is 9.68. The Hall–Kier alpha value is -2.81. The zero-order valence-corrected chi connectivity index (χ0v) is 15.3. The number of hydrogen-bond acceptors (Lipinski definition) is 6. The molecule has 2 rings (SSSR count). The van der Waals surface area contributed by atoms with Crippen molar-refractivity contribution in [1.82, 2.24) is 4.90 Å². The van der Waals surface area contributed by atoms with Gasteiger partial charge in [-0.15, -0.1) is 0 Å². The van der Waals surface area contributed by atoms with E-state index in [4.69, 9.17) is 9.15 Å². The molecule has 2 amide bonds. The van der Waals surface area contributed by atoms with Crippen molar-refractivity contribution in [3.8, 4) is 5.75 Å². The number of nitrogens with zero attached hydrogens (tertiary/aromatic N) is 1. The highest BCUT2D eigenvalue weighted by Gasteiger charge is 2.17. The van der Waals surface area contributed by atoms with Crippen LogP contribution in [0.4, 0.5) is 5.69 Å². The summed E-state index contributed by atoms with van der Waals surface area (Å²) in [4.78, 5) is 25.4. The van der Waals surface area contributed by atoms with E-state index in [0.29, 0.717) is 11.4 Å². The van der Waals surface area contributed by atoms with Gasteiger partial charge in [0.1, 0.15) is 12.4 Å². The predicted octanol–water partition coefficient (Wildman–Crippen LogP) is 1.41. The number of sulfone groups is 1. The minimum absolute atomic E-state index is 0.0244. The van der Waals surface area contributed by atoms with Crippen LogP contribution in [0.5, 0.6) is 5.75 Å². The molecule has 0 saturated heterocycles. The van der Waals surface area contributed by atoms with Crippen molar-refractivity contribution in [3.05, 3.63) is 48.4 Å². The lowest BCUT2D eigenvalue weighted by Crippen LogP contribution is -2.34. The van der Waals surface area contributed by atoms with E-state index in [-0.39, 0.29) is 30.6 Å². The van der Waals surface area contributed by atoms with Gasteiger partial charge < -0.3 is 19.4 Å². The number of ether oxygens (including phenoxy) is 1. The van der Waals surface area contributed by atoms with Crippen LogP contribution < -0.4 is 10.1 Å². The Kier molecular flexibility index (Phi) is 6.40. The first kappa shape index (κ1) is 19.5. The number of carbonyl (C=O) groups is 2. The fourth-order valence-corrected chi connectivity index (χ4v) is 2.44. The van der Waals surface area contributed by atoms with Gasteiger partial charge in [0.25, 0.3) is 5.91 Å². The van der Waals surface area contributed by atoms with E-state index in [1.54, 1.807) is 30.3 Å². The highest BCUT2D eigenvalue weighted by molar-refractivity contribution is 7.90. The van der Waals surface area contributed by atoms with Gasteiger partial charge in [-0.1, -0.05) is 6.07 Å². The summed E-state index contributed by atoms with van der Waals surface area (Å²) in [7, 11) is -1.61. The lowest BCUT2D eigenvalue weighted by Gasteiger charge is -2.15. The molecule has 0 aliphatic rings. The Morgan fingerprint density at radius 1 is 1.23 bits per heavy atom. The molecule has 0 bridgehead atoms. The van der Waals surface area contributed by atoms with Crippen LogP contribution >= 0.6 is 0 Å². The Balaban J connectivity index is 1.88. The standard InChI is InChI=1S/C17H20N2O6S/c1-19(17(21)15-7-4-8-25-15)12-16(20)18-13-5-3-6-14(11-13)24-9-10-26(2,22)23/h3-8,11H,9-10,12H2,1-2H3,(H,18,20). The van der Waals surface area contributed by atoms with Gasteiger partial charge in [0, 0.05) is 25.1 Å². The minimum atomic E-state index is -3.10. The van der Waals surface area contributed by atoms with E-state index in [9.17, 15) is 18.0 Å². The number of likely N-dealkylation sites (N-methyl/N-ethyl adjacent to an activating group) is 1. The molecule has 0 spiro atoms. The summed E-state index contributed by atoms with van der Waals surface area (Å²) in [6.07, 6.45) is 2.52. The van der Waals surface area contributed by atoms with E-state index in [0.717, 1.165) is 6.26 Å². The normalized spacial score (nSPS) is 11.0. The SMILES string of the molecule is CN(CC(=O)Nc1cccc(OCCS(C)(=O)=O)c1)C(=O)c1ccco1. The lowest BCUT2D eigenvalue weighted by molar-refractivity contribution is -0.116. The van der Waals surface area contributed by atoms with Crippen molar-refractivity contribution < 1.29 is 27.2 Å². The molecule has 0 unspecified atom stereocenters. The van der Waals surface area contributed by atoms with Gasteiger partial charge in [-0.3, -0.25) is 9.59 Å². The van der Waals surface area contributed by atoms with Gasteiger partial charge in [-0.25, -0.2) is 8.42 Å². The molecule has 1 aromatic heterocycles. The van der Waals surface area contributed by atoms with Crippen LogP contribution in [0.2, 0.25) is 0 Å². The number of hydrogen-bond donors (Lipinski definition) is 1. The Bertz CT molecular complexity index is 861. The maximum atomic E-state index is 12.1. The molecule has 1 heterocycles. The van der Waals surface area contributed by atoms with E-state index in [1.165, 1.54) is 24.3 Å². The first-order valence-corrected chi connectivity index (χ1v) is 9.80. The number of carbonyl (C=O) groups excluding carboxylic acids is 2. The van der Waals surface area contributed by atoms with Gasteiger partial charge in [0.2, 0.25) is 5.91 Å². The summed E-state index contributed by atoms with van der Waals surface area (Å²) in [5, 5.41) is 2.66. The minimum Gasteiger partial charge on any atom is -0.492 e. The monoisotopic (exact) mass is 380 g/mol. The Morgan fingerprint density at radius 2 is 2.00 bits per heavy atom. The molecule has 1 aromatic carbocycles. The van der Waals surface area contributed by atoms with Crippen molar-refractivity contribution in [3.63, 3.8) is 0 Å². The fourth-order valence-electron chi connectivity index (χ4n) is 2.05. The summed E-state index contributed by atoms with van der Waals surface area (Å²) >= 11 is 0. The van der Waals surface area contributed by atoms with Crippen molar-refractivity contribution >= 4 is 27.3 Å². The van der Waals surface area contributed by atoms with Crippen molar-refractivity contribution in [1.29, 1.82) is 0 Å². The molecular formula is C17H20N2O6S. The predicted molar refractivity (Wildman–Crippen MR) is 95.9 cm³/mol. The molecule has 0 atom stereocenters. The van der Waals surface area contributed by atoms with Crippen LogP contribution in [0.3, 0.4) is 0 Å². The molecule has 1 N–H and O–H groups in total. The fraction of sp³-hybridized carbons (Fsp3) is 0.294. The summed E-state index contributed by atoms with van der Waals surface area (Å²) in [6.45, 7) is -0.130. The summed E-state index contributed by atoms with van der Waals surface area (Å²) in [5.41, 5.74) is 0.478. The van der Waals surface area contributed by atoms with Crippen molar-refractivity contribution in [2.24, 2.45) is 0 Å². The topological polar surface area (TPSA) is 106 Å². The summed E-state index contributed by atoms with van der Waals surface area (Å²) < 4.78 is 32.6. The number of rotatable bonds is 8. The van der Waals surface area contributed by atoms with Gasteiger partial charge in [-0.05, 0) is 24.3 Å². The highest BCUT2D eigenvalue weighted by Crippen LogP contribution is 2.17. The quantitative estimate of drug-likeness (QED) is 0.742. The van der Waals surface area contributed by atoms with E-state index < -0.39 is 15.7 Å². The Labute approximate surface area is 151 Å². The molecule has 26 heavy (non-hydrogen) atoms. The van der Waals surface area contributed by atoms with Crippen molar-refractivity contribution in [2.45, 2.75) is 0 Å². The second kappa shape index (κ2) is 8.52. The third-order valence-corrected chi connectivity index (χ3v) is 4.21. The molecule has 2 aromatic rings. The first-order chi connectivity index (χ1) is 12.2. The summed E-state index contributed by atoms with van der Waals surface area (Å²) in [5.74, 6) is -0.291. The van der Waals surface area contributed by atoms with E-state index in [2.05, 4.69) is 5.32 Å². The van der Waals surface area contributed by atoms with Crippen LogP contribution in [0.25, 0.3) is 0 Å². The van der Waals surface area contributed by atoms with Crippen LogP contribution in [-0.4, -0.2) is 57.3 Å². The number of nitrogens with one attached hydrogen (secondary N) is 1. The van der Waals surface area contributed by atoms with Crippen LogP contribution in [-0.2, 0) is 14.6 Å². The van der Waals surface area contributed by atoms with E-state index >= 15 is 0 Å². The molecule has 0 aliphatic heterocycles. The Morgan fingerprint density at radius 3 is 2.65 bits per heavy atom. The highest BCUT2D eigenvalue weighted by atomic mass is 32.2. The van der Waals surface area contributed by atoms with Gasteiger partial charge in [0.05, 0.1) is 18.6 Å². The largest absolute Gasteiger partial charge is 0.492 e. The average molecular weight is 380 g/mol. The maximum Gasteiger partial charge on any atom is 0.289 e. The smallest absolute Gasteiger partial charge is 0.289 e. The molecule has 8 nitrogen and oxygen atoms in total. The third-order valence-electron chi connectivity index (χ3n) is 3.30. The molecule has 0 aliphatic carbocycles. The van der Waals surface area contributed by atoms with Gasteiger partial charge in [-0.2, -0.15) is 0 Å². The number of amides is 2. The second-order valence-electron chi connectivity index (χ2n) is 5.69. The van der Waals surface area contributed by atoms with Gasteiger partial charge >= 0.3 is 0 Å². The third kappa shape index (κ3) is 6.25. The zero-order chi connectivity index (χ0) is 19.2. The lowest BCUT2D eigenvalue weighted by atomic mass is 10.3. The van der Waals surface area contributed by atoms with Gasteiger partial charge in [0.15, 0.2) is 15.6 Å². The maximum absolute atomic E-state index is 12.1. The van der Waals surface area contributed by atoms with E-state index in [1.807, 2.05) is 0 Å². The molecular weight excluding hydrogens is 360 g/mol. The molecule has 140 valence electrons. The van der Waals surface area contributed by atoms with Crippen LogP contribution in [0.1, 0.15) is 10.6 Å². The first-order valence-electron chi connectivity index (χ1n) is 7.74. The molecule has 0 saturated carbocycles. The molecule has 0 radical (unpaired) electrons. The van der Waals surface area contributed by atoms with Crippen LogP contribution in [0, 0.1) is 0 Å². The number of furan rings is 1. The number of anilines is 1. The number of benzene rings is 1. The molecule has 9 heteroatoms. The average Bonchev–Trinajstić information content (AvgIpc) is 3.07. The zero-order valence-electron chi connectivity index (χ0n) is 14.5. The second-order valence-corrected chi connectivity index (χ2v) is 7.95. The molecule has 0 fully saturated rings.